The van der Waals surface area contributed by atoms with Gasteiger partial charge in [0.05, 0.1) is 5.69 Å². The fraction of sp³-hybridized carbons (Fsp3) is 0. The van der Waals surface area contributed by atoms with Crippen molar-refractivity contribution in [3.8, 4) is 11.4 Å². The van der Waals surface area contributed by atoms with Gasteiger partial charge in [-0.05, 0) is 12.1 Å². The van der Waals surface area contributed by atoms with Crippen LogP contribution in [0.3, 0.4) is 0 Å². The zero-order chi connectivity index (χ0) is 9.97. The Morgan fingerprint density at radius 2 is 2.14 bits per heavy atom. The third kappa shape index (κ3) is 1.47. The summed E-state index contributed by atoms with van der Waals surface area (Å²) in [6.45, 7) is 0. The minimum Gasteiger partial charge on any atom is -0.477 e. The van der Waals surface area contributed by atoms with E-state index in [1.165, 1.54) is 12.3 Å². The van der Waals surface area contributed by atoms with Crippen LogP contribution >= 0.6 is 0 Å². The van der Waals surface area contributed by atoms with Crippen LogP contribution in [-0.4, -0.2) is 21.2 Å². The van der Waals surface area contributed by atoms with E-state index in [0.29, 0.717) is 11.4 Å². The molecule has 2 heterocycles. The van der Waals surface area contributed by atoms with E-state index in [1.807, 2.05) is 0 Å². The van der Waals surface area contributed by atoms with Crippen molar-refractivity contribution >= 4 is 5.97 Å². The summed E-state index contributed by atoms with van der Waals surface area (Å²) < 4.78 is 4.63. The number of hydrogen-bond donors (Lipinski definition) is 1. The summed E-state index contributed by atoms with van der Waals surface area (Å²) in [5.74, 6) is -1.06. The van der Waals surface area contributed by atoms with Crippen molar-refractivity contribution in [1.82, 2.24) is 10.1 Å². The standard InChI is InChI=1S/C9H6N2O3/c12-9(13)8-3-1-2-6(10-8)7-4-5-14-11-7/h1-5H,(H,12,13). The Hall–Kier alpha value is -2.17. The van der Waals surface area contributed by atoms with E-state index in [2.05, 4.69) is 14.7 Å². The lowest BCUT2D eigenvalue weighted by Gasteiger charge is -1.96. The minimum absolute atomic E-state index is 0.00880. The highest BCUT2D eigenvalue weighted by molar-refractivity contribution is 5.85. The number of hydrogen-bond acceptors (Lipinski definition) is 4. The number of aromatic nitrogens is 2. The quantitative estimate of drug-likeness (QED) is 0.775. The Kier molecular flexibility index (Phi) is 1.98. The summed E-state index contributed by atoms with van der Waals surface area (Å²) >= 11 is 0. The zero-order valence-corrected chi connectivity index (χ0v) is 7.04. The second kappa shape index (κ2) is 3.29. The van der Waals surface area contributed by atoms with Gasteiger partial charge in [-0.3, -0.25) is 0 Å². The van der Waals surface area contributed by atoms with Crippen molar-refractivity contribution in [2.24, 2.45) is 0 Å². The molecule has 70 valence electrons. The highest BCUT2D eigenvalue weighted by atomic mass is 16.5. The van der Waals surface area contributed by atoms with Crippen LogP contribution in [0.25, 0.3) is 11.4 Å². The fourth-order valence-electron chi connectivity index (χ4n) is 1.04. The molecule has 0 atom stereocenters. The van der Waals surface area contributed by atoms with Crippen molar-refractivity contribution in [3.05, 3.63) is 36.2 Å². The number of aromatic carboxylic acids is 1. The summed E-state index contributed by atoms with van der Waals surface area (Å²) in [6, 6.07) is 6.32. The Balaban J connectivity index is 2.46. The Labute approximate surface area is 79.0 Å². The number of pyridine rings is 1. The molecule has 1 N–H and O–H groups in total. The van der Waals surface area contributed by atoms with E-state index in [-0.39, 0.29) is 5.69 Å². The van der Waals surface area contributed by atoms with E-state index >= 15 is 0 Å². The topological polar surface area (TPSA) is 76.2 Å². The Morgan fingerprint density at radius 3 is 2.79 bits per heavy atom. The molecular weight excluding hydrogens is 184 g/mol. The first-order chi connectivity index (χ1) is 6.77. The van der Waals surface area contributed by atoms with Crippen molar-refractivity contribution in [2.45, 2.75) is 0 Å². The predicted molar refractivity (Wildman–Crippen MR) is 46.7 cm³/mol. The fourth-order valence-corrected chi connectivity index (χ4v) is 1.04. The number of rotatable bonds is 2. The SMILES string of the molecule is O=C(O)c1cccc(-c2ccon2)n1. The third-order valence-corrected chi connectivity index (χ3v) is 1.67. The van der Waals surface area contributed by atoms with Gasteiger partial charge >= 0.3 is 5.97 Å². The first-order valence-electron chi connectivity index (χ1n) is 3.88. The summed E-state index contributed by atoms with van der Waals surface area (Å²) in [5.41, 5.74) is 0.997. The molecule has 0 spiro atoms. The van der Waals surface area contributed by atoms with Crippen molar-refractivity contribution in [2.75, 3.05) is 0 Å². The van der Waals surface area contributed by atoms with Crippen LogP contribution in [0.5, 0.6) is 0 Å². The lowest BCUT2D eigenvalue weighted by molar-refractivity contribution is 0.0690. The van der Waals surface area contributed by atoms with Gasteiger partial charge in [-0.15, -0.1) is 0 Å². The number of carboxylic acids is 1. The molecule has 0 saturated heterocycles. The molecule has 0 aliphatic carbocycles. The molecule has 2 aromatic rings. The van der Waals surface area contributed by atoms with Crippen molar-refractivity contribution in [1.29, 1.82) is 0 Å². The largest absolute Gasteiger partial charge is 0.477 e. The lowest BCUT2D eigenvalue weighted by Crippen LogP contribution is -2.00. The molecule has 0 radical (unpaired) electrons. The molecule has 0 unspecified atom stereocenters. The monoisotopic (exact) mass is 190 g/mol. The van der Waals surface area contributed by atoms with Crippen LogP contribution in [0.15, 0.2) is 35.1 Å². The van der Waals surface area contributed by atoms with Gasteiger partial charge in [-0.1, -0.05) is 11.2 Å². The molecule has 0 aliphatic heterocycles. The van der Waals surface area contributed by atoms with Crippen molar-refractivity contribution in [3.63, 3.8) is 0 Å². The van der Waals surface area contributed by atoms with E-state index < -0.39 is 5.97 Å². The van der Waals surface area contributed by atoms with E-state index in [4.69, 9.17) is 5.11 Å². The van der Waals surface area contributed by atoms with Gasteiger partial charge in [-0.2, -0.15) is 0 Å². The predicted octanol–water partition coefficient (Wildman–Crippen LogP) is 1.43. The first kappa shape index (κ1) is 8.43. The Bertz CT molecular complexity index is 451. The van der Waals surface area contributed by atoms with Crippen LogP contribution in [0, 0.1) is 0 Å². The molecule has 5 nitrogen and oxygen atoms in total. The maximum atomic E-state index is 10.6. The molecule has 0 saturated carbocycles. The molecule has 5 heteroatoms. The third-order valence-electron chi connectivity index (χ3n) is 1.67. The molecule has 14 heavy (non-hydrogen) atoms. The molecule has 2 rings (SSSR count). The number of nitrogens with zero attached hydrogens (tertiary/aromatic N) is 2. The highest BCUT2D eigenvalue weighted by Gasteiger charge is 2.07. The van der Waals surface area contributed by atoms with Gasteiger partial charge in [0.1, 0.15) is 17.7 Å². The molecular formula is C9H6N2O3. The summed E-state index contributed by atoms with van der Waals surface area (Å²) in [7, 11) is 0. The molecule has 0 amide bonds. The maximum Gasteiger partial charge on any atom is 0.354 e. The van der Waals surface area contributed by atoms with E-state index in [1.54, 1.807) is 18.2 Å². The van der Waals surface area contributed by atoms with Crippen LogP contribution in [0.4, 0.5) is 0 Å². The second-order valence-corrected chi connectivity index (χ2v) is 2.60. The van der Waals surface area contributed by atoms with Crippen LogP contribution < -0.4 is 0 Å². The van der Waals surface area contributed by atoms with Gasteiger partial charge in [0.2, 0.25) is 0 Å². The van der Waals surface area contributed by atoms with Gasteiger partial charge in [0.15, 0.2) is 0 Å². The zero-order valence-electron chi connectivity index (χ0n) is 7.04. The van der Waals surface area contributed by atoms with Crippen LogP contribution in [0.1, 0.15) is 10.5 Å². The lowest BCUT2D eigenvalue weighted by atomic mass is 10.2. The normalized spacial score (nSPS) is 10.0. The number of carboxylic acid groups (broad SMARTS) is 1. The molecule has 2 aromatic heterocycles. The Morgan fingerprint density at radius 1 is 1.29 bits per heavy atom. The molecule has 0 aromatic carbocycles. The van der Waals surface area contributed by atoms with Gasteiger partial charge in [0, 0.05) is 6.07 Å². The minimum atomic E-state index is -1.06. The summed E-state index contributed by atoms with van der Waals surface area (Å²) in [5, 5.41) is 12.4. The van der Waals surface area contributed by atoms with Crippen LogP contribution in [-0.2, 0) is 0 Å². The summed E-state index contributed by atoms with van der Waals surface area (Å²) in [6.07, 6.45) is 1.41. The number of carbonyl (C=O) groups is 1. The molecule has 0 bridgehead atoms. The van der Waals surface area contributed by atoms with E-state index in [9.17, 15) is 4.79 Å². The maximum absolute atomic E-state index is 10.6. The summed E-state index contributed by atoms with van der Waals surface area (Å²) in [4.78, 5) is 14.5. The smallest absolute Gasteiger partial charge is 0.354 e. The van der Waals surface area contributed by atoms with E-state index in [0.717, 1.165) is 0 Å². The van der Waals surface area contributed by atoms with Crippen molar-refractivity contribution < 1.29 is 14.4 Å². The highest BCUT2D eigenvalue weighted by Crippen LogP contribution is 2.14. The van der Waals surface area contributed by atoms with Gasteiger partial charge < -0.3 is 9.63 Å². The first-order valence-corrected chi connectivity index (χ1v) is 3.88. The van der Waals surface area contributed by atoms with Crippen LogP contribution in [0.2, 0.25) is 0 Å². The molecule has 0 aliphatic rings. The average Bonchev–Trinajstić information content (AvgIpc) is 2.71. The van der Waals surface area contributed by atoms with Gasteiger partial charge in [0.25, 0.3) is 0 Å². The average molecular weight is 190 g/mol. The molecule has 0 fully saturated rings. The van der Waals surface area contributed by atoms with Gasteiger partial charge in [-0.25, -0.2) is 9.78 Å². The second-order valence-electron chi connectivity index (χ2n) is 2.60.